The number of hydrogen-bond acceptors (Lipinski definition) is 4. The van der Waals surface area contributed by atoms with Gasteiger partial charge in [0.15, 0.2) is 0 Å². The van der Waals surface area contributed by atoms with Gasteiger partial charge in [0.1, 0.15) is 11.9 Å². The van der Waals surface area contributed by atoms with Crippen LogP contribution in [-0.2, 0) is 14.9 Å². The Labute approximate surface area is 146 Å². The van der Waals surface area contributed by atoms with Crippen LogP contribution in [0.15, 0.2) is 30.3 Å². The summed E-state index contributed by atoms with van der Waals surface area (Å²) in [6.07, 6.45) is 8.00. The predicted molar refractivity (Wildman–Crippen MR) is 96.1 cm³/mol. The standard InChI is InChI=1S/C18H30O5S/c1-2-3-4-5-6-8-13-18(16-22-14-15-24(19,20)21)23-17-11-9-7-10-12-17/h7,9-12,18H,2-6,8,13-16H2,1H3,(H,19,20,21). The highest BCUT2D eigenvalue weighted by atomic mass is 32.2. The van der Waals surface area contributed by atoms with E-state index in [1.165, 1.54) is 32.1 Å². The molecule has 0 heterocycles. The van der Waals surface area contributed by atoms with Crippen LogP contribution in [0.2, 0.25) is 0 Å². The summed E-state index contributed by atoms with van der Waals surface area (Å²) >= 11 is 0. The quantitative estimate of drug-likeness (QED) is 0.400. The summed E-state index contributed by atoms with van der Waals surface area (Å²) < 4.78 is 41.5. The highest BCUT2D eigenvalue weighted by molar-refractivity contribution is 7.85. The molecule has 138 valence electrons. The second-order valence-corrected chi connectivity index (χ2v) is 7.54. The van der Waals surface area contributed by atoms with Crippen molar-refractivity contribution < 1.29 is 22.4 Å². The number of para-hydroxylation sites is 1. The zero-order valence-electron chi connectivity index (χ0n) is 14.5. The van der Waals surface area contributed by atoms with E-state index < -0.39 is 10.1 Å². The number of hydrogen-bond donors (Lipinski definition) is 1. The van der Waals surface area contributed by atoms with Crippen LogP contribution >= 0.6 is 0 Å². The fraction of sp³-hybridized carbons (Fsp3) is 0.667. The Balaban J connectivity index is 2.35. The van der Waals surface area contributed by atoms with Gasteiger partial charge in [-0.05, 0) is 25.0 Å². The lowest BCUT2D eigenvalue weighted by molar-refractivity contribution is 0.0513. The summed E-state index contributed by atoms with van der Waals surface area (Å²) in [5, 5.41) is 0. The van der Waals surface area contributed by atoms with E-state index in [9.17, 15) is 8.42 Å². The van der Waals surface area contributed by atoms with E-state index in [0.717, 1.165) is 18.6 Å². The maximum absolute atomic E-state index is 10.7. The zero-order valence-corrected chi connectivity index (χ0v) is 15.3. The van der Waals surface area contributed by atoms with Crippen LogP contribution < -0.4 is 4.74 Å². The minimum absolute atomic E-state index is 0.0238. The van der Waals surface area contributed by atoms with Crippen molar-refractivity contribution in [2.24, 2.45) is 0 Å². The Morgan fingerprint density at radius 1 is 1.04 bits per heavy atom. The van der Waals surface area contributed by atoms with Crippen LogP contribution in [-0.4, -0.2) is 38.0 Å². The molecule has 0 saturated heterocycles. The van der Waals surface area contributed by atoms with E-state index in [2.05, 4.69) is 6.92 Å². The van der Waals surface area contributed by atoms with Gasteiger partial charge >= 0.3 is 0 Å². The molecular formula is C18H30O5S. The average Bonchev–Trinajstić information content (AvgIpc) is 2.54. The molecule has 0 aliphatic rings. The lowest BCUT2D eigenvalue weighted by Crippen LogP contribution is -2.25. The lowest BCUT2D eigenvalue weighted by atomic mass is 10.1. The van der Waals surface area contributed by atoms with Crippen molar-refractivity contribution in [1.29, 1.82) is 0 Å². The van der Waals surface area contributed by atoms with Crippen molar-refractivity contribution in [3.8, 4) is 5.75 Å². The molecular weight excluding hydrogens is 328 g/mol. The van der Waals surface area contributed by atoms with Gasteiger partial charge < -0.3 is 9.47 Å². The second-order valence-electron chi connectivity index (χ2n) is 5.97. The molecule has 0 aromatic heterocycles. The first-order valence-electron chi connectivity index (χ1n) is 8.76. The van der Waals surface area contributed by atoms with Gasteiger partial charge in [0.2, 0.25) is 0 Å². The van der Waals surface area contributed by atoms with Gasteiger partial charge in [-0.15, -0.1) is 0 Å². The Kier molecular flexibility index (Phi) is 10.7. The average molecular weight is 358 g/mol. The van der Waals surface area contributed by atoms with Crippen LogP contribution in [0.25, 0.3) is 0 Å². The highest BCUT2D eigenvalue weighted by Gasteiger charge is 2.12. The highest BCUT2D eigenvalue weighted by Crippen LogP contribution is 2.16. The minimum atomic E-state index is -3.98. The summed E-state index contributed by atoms with van der Waals surface area (Å²) in [7, 11) is -3.98. The molecule has 0 spiro atoms. The smallest absolute Gasteiger partial charge is 0.267 e. The van der Waals surface area contributed by atoms with Gasteiger partial charge in [0.05, 0.1) is 19.0 Å². The van der Waals surface area contributed by atoms with Gasteiger partial charge in [-0.25, -0.2) is 0 Å². The molecule has 0 bridgehead atoms. The van der Waals surface area contributed by atoms with Crippen molar-refractivity contribution in [3.63, 3.8) is 0 Å². The molecule has 0 saturated carbocycles. The first-order valence-corrected chi connectivity index (χ1v) is 10.4. The van der Waals surface area contributed by atoms with Crippen molar-refractivity contribution in [2.75, 3.05) is 19.0 Å². The van der Waals surface area contributed by atoms with E-state index in [0.29, 0.717) is 6.61 Å². The summed E-state index contributed by atoms with van der Waals surface area (Å²) in [5.41, 5.74) is 0. The van der Waals surface area contributed by atoms with Crippen molar-refractivity contribution in [3.05, 3.63) is 30.3 Å². The van der Waals surface area contributed by atoms with Crippen molar-refractivity contribution in [2.45, 2.75) is 58.0 Å². The minimum Gasteiger partial charge on any atom is -0.488 e. The van der Waals surface area contributed by atoms with Crippen LogP contribution in [0.1, 0.15) is 51.9 Å². The Hall–Kier alpha value is -1.11. The van der Waals surface area contributed by atoms with E-state index in [1.54, 1.807) is 0 Å². The first-order chi connectivity index (χ1) is 11.5. The molecule has 6 heteroatoms. The summed E-state index contributed by atoms with van der Waals surface area (Å²) in [4.78, 5) is 0. The number of ether oxygens (including phenoxy) is 2. The Morgan fingerprint density at radius 2 is 1.71 bits per heavy atom. The maximum Gasteiger partial charge on any atom is 0.267 e. The Bertz CT molecular complexity index is 515. The monoisotopic (exact) mass is 358 g/mol. The third kappa shape index (κ3) is 11.4. The predicted octanol–water partition coefficient (Wildman–Crippen LogP) is 4.09. The molecule has 1 N–H and O–H groups in total. The zero-order chi connectivity index (χ0) is 17.7. The largest absolute Gasteiger partial charge is 0.488 e. The second kappa shape index (κ2) is 12.3. The molecule has 0 aliphatic carbocycles. The number of benzene rings is 1. The molecule has 0 aliphatic heterocycles. The molecule has 1 aromatic carbocycles. The van der Waals surface area contributed by atoms with Crippen LogP contribution in [0.5, 0.6) is 5.75 Å². The molecule has 1 atom stereocenters. The van der Waals surface area contributed by atoms with Gasteiger partial charge in [0, 0.05) is 0 Å². The maximum atomic E-state index is 10.7. The normalized spacial score (nSPS) is 12.9. The van der Waals surface area contributed by atoms with E-state index >= 15 is 0 Å². The topological polar surface area (TPSA) is 72.8 Å². The molecule has 0 radical (unpaired) electrons. The van der Waals surface area contributed by atoms with Crippen molar-refractivity contribution >= 4 is 10.1 Å². The third-order valence-electron chi connectivity index (χ3n) is 3.71. The number of unbranched alkanes of at least 4 members (excludes halogenated alkanes) is 5. The van der Waals surface area contributed by atoms with Crippen LogP contribution in [0.3, 0.4) is 0 Å². The van der Waals surface area contributed by atoms with E-state index in [-0.39, 0.29) is 18.5 Å². The van der Waals surface area contributed by atoms with Crippen molar-refractivity contribution in [1.82, 2.24) is 0 Å². The molecule has 0 amide bonds. The van der Waals surface area contributed by atoms with E-state index in [1.807, 2.05) is 30.3 Å². The fourth-order valence-electron chi connectivity index (χ4n) is 2.40. The van der Waals surface area contributed by atoms with E-state index in [4.69, 9.17) is 14.0 Å². The third-order valence-corrected chi connectivity index (χ3v) is 4.40. The molecule has 1 unspecified atom stereocenters. The van der Waals surface area contributed by atoms with Crippen LogP contribution in [0, 0.1) is 0 Å². The first kappa shape index (κ1) is 20.9. The molecule has 1 aromatic rings. The molecule has 5 nitrogen and oxygen atoms in total. The SMILES string of the molecule is CCCCCCCCC(COCCS(=O)(=O)O)Oc1ccccc1. The summed E-state index contributed by atoms with van der Waals surface area (Å²) in [6, 6.07) is 9.55. The molecule has 1 rings (SSSR count). The summed E-state index contributed by atoms with van der Waals surface area (Å²) in [6.45, 7) is 2.50. The Morgan fingerprint density at radius 3 is 2.38 bits per heavy atom. The lowest BCUT2D eigenvalue weighted by Gasteiger charge is -2.19. The summed E-state index contributed by atoms with van der Waals surface area (Å²) in [5.74, 6) is 0.397. The van der Waals surface area contributed by atoms with Gasteiger partial charge in [-0.2, -0.15) is 8.42 Å². The number of rotatable bonds is 14. The van der Waals surface area contributed by atoms with Crippen LogP contribution in [0.4, 0.5) is 0 Å². The fourth-order valence-corrected chi connectivity index (χ4v) is 2.73. The van der Waals surface area contributed by atoms with Gasteiger partial charge in [0.25, 0.3) is 10.1 Å². The molecule has 0 fully saturated rings. The van der Waals surface area contributed by atoms with Gasteiger partial charge in [-0.1, -0.05) is 57.2 Å². The molecule has 24 heavy (non-hydrogen) atoms. The van der Waals surface area contributed by atoms with Gasteiger partial charge in [-0.3, -0.25) is 4.55 Å².